The molecule has 6 heteroatoms. The number of rotatable bonds is 3. The minimum atomic E-state index is 0.209. The summed E-state index contributed by atoms with van der Waals surface area (Å²) in [4.78, 5) is 13.9. The lowest BCUT2D eigenvalue weighted by molar-refractivity contribution is -0.131. The van der Waals surface area contributed by atoms with Crippen LogP contribution in [0, 0.1) is 0 Å². The molecule has 1 saturated heterocycles. The highest BCUT2D eigenvalue weighted by Crippen LogP contribution is 2.19. The molecule has 0 bridgehead atoms. The summed E-state index contributed by atoms with van der Waals surface area (Å²) >= 11 is 1.43. The van der Waals surface area contributed by atoms with Gasteiger partial charge in [0.1, 0.15) is 5.03 Å². The Morgan fingerprint density at radius 3 is 3.25 bits per heavy atom. The maximum atomic E-state index is 12.0. The van der Waals surface area contributed by atoms with Crippen LogP contribution < -0.4 is 0 Å². The molecule has 1 aliphatic rings. The van der Waals surface area contributed by atoms with Crippen LogP contribution in [0.1, 0.15) is 26.2 Å². The highest BCUT2D eigenvalue weighted by Gasteiger charge is 2.22. The fourth-order valence-electron chi connectivity index (χ4n) is 1.95. The van der Waals surface area contributed by atoms with Gasteiger partial charge in [-0.2, -0.15) is 10.3 Å². The van der Waals surface area contributed by atoms with Gasteiger partial charge in [-0.15, -0.1) is 5.10 Å². The number of nitrogens with one attached hydrogen (secondary N) is 1. The molecule has 1 aromatic heterocycles. The van der Waals surface area contributed by atoms with Crippen LogP contribution in [-0.4, -0.2) is 44.6 Å². The van der Waals surface area contributed by atoms with Gasteiger partial charge in [-0.1, -0.05) is 11.8 Å². The topological polar surface area (TPSA) is 61.9 Å². The normalized spacial score (nSPS) is 21.1. The maximum Gasteiger partial charge on any atom is 0.233 e. The lowest BCUT2D eigenvalue weighted by Gasteiger charge is -2.33. The van der Waals surface area contributed by atoms with E-state index in [-0.39, 0.29) is 5.91 Å². The molecule has 1 aromatic rings. The van der Waals surface area contributed by atoms with E-state index in [4.69, 9.17) is 0 Å². The molecule has 1 fully saturated rings. The third kappa shape index (κ3) is 2.75. The zero-order valence-electron chi connectivity index (χ0n) is 9.35. The zero-order chi connectivity index (χ0) is 11.4. The molecule has 5 nitrogen and oxygen atoms in total. The van der Waals surface area contributed by atoms with Gasteiger partial charge >= 0.3 is 0 Å². The lowest BCUT2D eigenvalue weighted by Crippen LogP contribution is -2.42. The molecule has 1 N–H and O–H groups in total. The summed E-state index contributed by atoms with van der Waals surface area (Å²) in [5, 5.41) is 10.9. The van der Waals surface area contributed by atoms with Crippen LogP contribution in [0.4, 0.5) is 0 Å². The third-order valence-electron chi connectivity index (χ3n) is 2.86. The number of piperidine rings is 1. The van der Waals surface area contributed by atoms with E-state index in [1.807, 2.05) is 4.90 Å². The van der Waals surface area contributed by atoms with Crippen molar-refractivity contribution < 1.29 is 4.79 Å². The smallest absolute Gasteiger partial charge is 0.233 e. The van der Waals surface area contributed by atoms with E-state index in [1.165, 1.54) is 18.2 Å². The number of hydrogen-bond donors (Lipinski definition) is 1. The first-order valence-corrected chi connectivity index (χ1v) is 6.54. The largest absolute Gasteiger partial charge is 0.339 e. The summed E-state index contributed by atoms with van der Waals surface area (Å²) in [5.41, 5.74) is 0. The van der Waals surface area contributed by atoms with E-state index in [1.54, 1.807) is 6.20 Å². The number of aromatic nitrogens is 3. The molecule has 1 amide bonds. The molecule has 0 aliphatic carbocycles. The van der Waals surface area contributed by atoms with E-state index in [0.29, 0.717) is 11.8 Å². The monoisotopic (exact) mass is 240 g/mol. The van der Waals surface area contributed by atoms with Crippen LogP contribution in [0.15, 0.2) is 11.2 Å². The van der Waals surface area contributed by atoms with Crippen molar-refractivity contribution in [2.24, 2.45) is 0 Å². The van der Waals surface area contributed by atoms with Gasteiger partial charge in [0.05, 0.1) is 11.9 Å². The molecule has 0 radical (unpaired) electrons. The molecule has 0 spiro atoms. The molecule has 1 atom stereocenters. The number of hydrogen-bond acceptors (Lipinski definition) is 4. The number of H-pyrrole nitrogens is 1. The molecule has 2 rings (SSSR count). The Morgan fingerprint density at radius 2 is 2.56 bits per heavy atom. The van der Waals surface area contributed by atoms with Crippen LogP contribution in [-0.2, 0) is 4.79 Å². The van der Waals surface area contributed by atoms with Crippen molar-refractivity contribution in [2.45, 2.75) is 37.3 Å². The average Bonchev–Trinajstić information content (AvgIpc) is 2.79. The number of aromatic amines is 1. The summed E-state index contributed by atoms with van der Waals surface area (Å²) in [7, 11) is 0. The molecule has 16 heavy (non-hydrogen) atoms. The first-order chi connectivity index (χ1) is 7.77. The Hall–Kier alpha value is -1.04. The van der Waals surface area contributed by atoms with Gasteiger partial charge in [0.25, 0.3) is 0 Å². The second-order valence-electron chi connectivity index (χ2n) is 4.03. The van der Waals surface area contributed by atoms with E-state index in [0.717, 1.165) is 24.4 Å². The van der Waals surface area contributed by atoms with Gasteiger partial charge in [0.2, 0.25) is 5.91 Å². The summed E-state index contributed by atoms with van der Waals surface area (Å²) in [5.74, 6) is 0.664. The molecular formula is C10H16N4OS. The van der Waals surface area contributed by atoms with Gasteiger partial charge in [-0.25, -0.2) is 0 Å². The van der Waals surface area contributed by atoms with Crippen LogP contribution in [0.5, 0.6) is 0 Å². The lowest BCUT2D eigenvalue weighted by atomic mass is 10.0. The van der Waals surface area contributed by atoms with E-state index < -0.39 is 0 Å². The molecular weight excluding hydrogens is 224 g/mol. The first kappa shape index (κ1) is 11.4. The Labute approximate surface area is 99.0 Å². The quantitative estimate of drug-likeness (QED) is 0.809. The van der Waals surface area contributed by atoms with Crippen molar-refractivity contribution in [3.05, 3.63) is 6.20 Å². The van der Waals surface area contributed by atoms with Crippen LogP contribution in [0.2, 0.25) is 0 Å². The van der Waals surface area contributed by atoms with E-state index >= 15 is 0 Å². The second-order valence-corrected chi connectivity index (χ2v) is 5.02. The minimum Gasteiger partial charge on any atom is -0.339 e. The fourth-order valence-corrected chi connectivity index (χ4v) is 2.62. The van der Waals surface area contributed by atoms with Gasteiger partial charge in [-0.05, 0) is 26.2 Å². The van der Waals surface area contributed by atoms with Crippen molar-refractivity contribution in [1.82, 2.24) is 20.3 Å². The molecule has 0 aromatic carbocycles. The predicted molar refractivity (Wildman–Crippen MR) is 62.1 cm³/mol. The van der Waals surface area contributed by atoms with Crippen LogP contribution in [0.25, 0.3) is 0 Å². The molecule has 0 saturated carbocycles. The van der Waals surface area contributed by atoms with Crippen molar-refractivity contribution >= 4 is 17.7 Å². The molecule has 1 unspecified atom stereocenters. The standard InChI is InChI=1S/C10H16N4OS/c1-8-4-2-3-5-14(8)10(15)7-16-9-6-11-13-12-9/h6,8H,2-5,7H2,1H3,(H,11,12,13). The van der Waals surface area contributed by atoms with Crippen molar-refractivity contribution in [3.63, 3.8) is 0 Å². The Kier molecular flexibility index (Phi) is 3.82. The maximum absolute atomic E-state index is 12.0. The summed E-state index contributed by atoms with van der Waals surface area (Å²) < 4.78 is 0. The second kappa shape index (κ2) is 5.34. The average molecular weight is 240 g/mol. The SMILES string of the molecule is CC1CCCCN1C(=O)CSc1cn[nH]n1. The molecule has 1 aliphatic heterocycles. The summed E-state index contributed by atoms with van der Waals surface area (Å²) in [6.45, 7) is 3.03. The number of amides is 1. The molecule has 2 heterocycles. The van der Waals surface area contributed by atoms with E-state index in [2.05, 4.69) is 22.3 Å². The first-order valence-electron chi connectivity index (χ1n) is 5.55. The van der Waals surface area contributed by atoms with Crippen LogP contribution >= 0.6 is 11.8 Å². The zero-order valence-corrected chi connectivity index (χ0v) is 10.2. The van der Waals surface area contributed by atoms with Gasteiger partial charge in [-0.3, -0.25) is 4.79 Å². The highest BCUT2D eigenvalue weighted by molar-refractivity contribution is 7.99. The van der Waals surface area contributed by atoms with Crippen molar-refractivity contribution in [1.29, 1.82) is 0 Å². The highest BCUT2D eigenvalue weighted by atomic mass is 32.2. The van der Waals surface area contributed by atoms with E-state index in [9.17, 15) is 4.79 Å². The minimum absolute atomic E-state index is 0.209. The Balaban J connectivity index is 1.83. The molecule has 88 valence electrons. The van der Waals surface area contributed by atoms with Gasteiger partial charge in [0, 0.05) is 12.6 Å². The van der Waals surface area contributed by atoms with Crippen LogP contribution in [0.3, 0.4) is 0 Å². The Bertz CT molecular complexity index is 341. The number of thioether (sulfide) groups is 1. The van der Waals surface area contributed by atoms with Gasteiger partial charge in [0.15, 0.2) is 0 Å². The predicted octanol–water partition coefficient (Wildman–Crippen LogP) is 1.30. The fraction of sp³-hybridized carbons (Fsp3) is 0.700. The third-order valence-corrected chi connectivity index (χ3v) is 3.74. The number of carbonyl (C=O) groups excluding carboxylic acids is 1. The Morgan fingerprint density at radius 1 is 1.69 bits per heavy atom. The van der Waals surface area contributed by atoms with Crippen molar-refractivity contribution in [3.8, 4) is 0 Å². The summed E-state index contributed by atoms with van der Waals surface area (Å²) in [6.07, 6.45) is 5.13. The van der Waals surface area contributed by atoms with Gasteiger partial charge < -0.3 is 4.90 Å². The number of carbonyl (C=O) groups is 1. The van der Waals surface area contributed by atoms with Crippen molar-refractivity contribution in [2.75, 3.05) is 12.3 Å². The number of likely N-dealkylation sites (tertiary alicyclic amines) is 1. The summed E-state index contributed by atoms with van der Waals surface area (Å²) in [6, 6.07) is 0.388. The number of nitrogens with zero attached hydrogens (tertiary/aromatic N) is 3.